The van der Waals surface area contributed by atoms with Crippen LogP contribution in [0.15, 0.2) is 27.9 Å². The fourth-order valence-corrected chi connectivity index (χ4v) is 3.01. The van der Waals surface area contributed by atoms with E-state index in [2.05, 4.69) is 25.3 Å². The summed E-state index contributed by atoms with van der Waals surface area (Å²) in [5, 5.41) is 3.37. The van der Waals surface area contributed by atoms with E-state index >= 15 is 0 Å². The third-order valence-corrected chi connectivity index (χ3v) is 5.15. The molecule has 0 aliphatic carbocycles. The molecule has 3 aromatic rings. The number of halogens is 1. The Morgan fingerprint density at radius 3 is 2.83 bits per heavy atom. The molecule has 0 aromatic carbocycles. The van der Waals surface area contributed by atoms with E-state index in [-0.39, 0.29) is 36.5 Å². The lowest BCUT2D eigenvalue weighted by atomic mass is 10.00. The number of imidazole rings is 1. The monoisotopic (exact) mass is 434 g/mol. The molecular formula is C19H23ClN6O4. The van der Waals surface area contributed by atoms with Gasteiger partial charge < -0.3 is 15.0 Å². The fraction of sp³-hybridized carbons (Fsp3) is 0.421. The highest BCUT2D eigenvalue weighted by molar-refractivity contribution is 6.31. The summed E-state index contributed by atoms with van der Waals surface area (Å²) in [5.41, 5.74) is -1.26. The van der Waals surface area contributed by atoms with Gasteiger partial charge in [0, 0.05) is 26.1 Å². The summed E-state index contributed by atoms with van der Waals surface area (Å²) in [6.45, 7) is 4.02. The van der Waals surface area contributed by atoms with Gasteiger partial charge in [-0.3, -0.25) is 19.1 Å². The minimum Gasteiger partial charge on any atom is -0.474 e. The van der Waals surface area contributed by atoms with Crippen LogP contribution in [-0.2, 0) is 18.3 Å². The van der Waals surface area contributed by atoms with Gasteiger partial charge in [0.2, 0.25) is 11.8 Å². The molecule has 3 aromatic heterocycles. The first-order chi connectivity index (χ1) is 14.2. The number of H-pyrrole nitrogens is 2. The Morgan fingerprint density at radius 1 is 1.37 bits per heavy atom. The van der Waals surface area contributed by atoms with E-state index in [0.29, 0.717) is 23.1 Å². The van der Waals surface area contributed by atoms with Crippen LogP contribution in [0.2, 0.25) is 5.02 Å². The Morgan fingerprint density at radius 2 is 2.13 bits per heavy atom. The van der Waals surface area contributed by atoms with Gasteiger partial charge >= 0.3 is 5.69 Å². The molecule has 0 saturated heterocycles. The number of carbonyl (C=O) groups is 1. The third-order valence-electron chi connectivity index (χ3n) is 4.87. The van der Waals surface area contributed by atoms with Gasteiger partial charge in [0.25, 0.3) is 5.56 Å². The molecule has 0 radical (unpaired) electrons. The Labute approximate surface area is 176 Å². The van der Waals surface area contributed by atoms with Crippen molar-refractivity contribution in [3.8, 4) is 5.88 Å². The molecule has 0 fully saturated rings. The minimum atomic E-state index is -0.618. The SMILES string of the molecule is CCC(C)(COc1ncccc1Cl)NC(=O)CCc1nc2c([nH]1)c(=O)[nH]c(=O)n2C. The van der Waals surface area contributed by atoms with Crippen LogP contribution in [0.4, 0.5) is 0 Å². The van der Waals surface area contributed by atoms with E-state index in [1.54, 1.807) is 18.3 Å². The smallest absolute Gasteiger partial charge is 0.329 e. The normalized spacial score (nSPS) is 13.2. The predicted molar refractivity (Wildman–Crippen MR) is 112 cm³/mol. The molecule has 0 bridgehead atoms. The van der Waals surface area contributed by atoms with Crippen LogP contribution in [-0.4, -0.2) is 42.6 Å². The van der Waals surface area contributed by atoms with E-state index in [4.69, 9.17) is 16.3 Å². The molecule has 10 nitrogen and oxygen atoms in total. The predicted octanol–water partition coefficient (Wildman–Crippen LogP) is 1.29. The van der Waals surface area contributed by atoms with Gasteiger partial charge in [-0.15, -0.1) is 0 Å². The molecule has 0 spiro atoms. The minimum absolute atomic E-state index is 0.144. The number of carbonyl (C=O) groups excluding carboxylic acids is 1. The number of aromatic amines is 2. The van der Waals surface area contributed by atoms with Gasteiger partial charge in [-0.1, -0.05) is 18.5 Å². The van der Waals surface area contributed by atoms with Crippen LogP contribution in [0, 0.1) is 0 Å². The molecule has 0 aliphatic rings. The number of nitrogens with zero attached hydrogens (tertiary/aromatic N) is 3. The second-order valence-electron chi connectivity index (χ2n) is 7.24. The summed E-state index contributed by atoms with van der Waals surface area (Å²) in [6, 6.07) is 3.39. The van der Waals surface area contributed by atoms with Gasteiger partial charge in [0.1, 0.15) is 23.0 Å². The Balaban J connectivity index is 1.62. The van der Waals surface area contributed by atoms with Crippen LogP contribution >= 0.6 is 11.6 Å². The summed E-state index contributed by atoms with van der Waals surface area (Å²) in [5.74, 6) is 0.561. The van der Waals surface area contributed by atoms with E-state index in [9.17, 15) is 14.4 Å². The Bertz CT molecular complexity index is 1180. The molecule has 11 heteroatoms. The number of ether oxygens (including phenoxy) is 1. The number of aryl methyl sites for hydroxylation is 2. The second-order valence-corrected chi connectivity index (χ2v) is 7.65. The van der Waals surface area contributed by atoms with Gasteiger partial charge in [-0.05, 0) is 25.5 Å². The van der Waals surface area contributed by atoms with Crippen molar-refractivity contribution in [2.24, 2.45) is 7.05 Å². The molecule has 30 heavy (non-hydrogen) atoms. The average molecular weight is 435 g/mol. The molecule has 0 saturated carbocycles. The highest BCUT2D eigenvalue weighted by Gasteiger charge is 2.26. The van der Waals surface area contributed by atoms with Crippen molar-refractivity contribution in [2.75, 3.05) is 6.61 Å². The fourth-order valence-electron chi connectivity index (χ4n) is 2.83. The number of hydrogen-bond donors (Lipinski definition) is 3. The molecule has 3 heterocycles. The summed E-state index contributed by atoms with van der Waals surface area (Å²) >= 11 is 6.05. The van der Waals surface area contributed by atoms with Crippen LogP contribution in [0.3, 0.4) is 0 Å². The maximum absolute atomic E-state index is 12.5. The quantitative estimate of drug-likeness (QED) is 0.489. The van der Waals surface area contributed by atoms with Gasteiger partial charge in [-0.25, -0.2) is 14.8 Å². The summed E-state index contributed by atoms with van der Waals surface area (Å²) in [7, 11) is 1.51. The first-order valence-electron chi connectivity index (χ1n) is 9.44. The molecule has 0 aliphatic heterocycles. The van der Waals surface area contributed by atoms with Crippen LogP contribution in [0.1, 0.15) is 32.5 Å². The highest BCUT2D eigenvalue weighted by atomic mass is 35.5. The van der Waals surface area contributed by atoms with Crippen molar-refractivity contribution in [1.29, 1.82) is 0 Å². The molecule has 3 rings (SSSR count). The lowest BCUT2D eigenvalue weighted by molar-refractivity contribution is -0.123. The summed E-state index contributed by atoms with van der Waals surface area (Å²) in [6.07, 6.45) is 2.63. The Hall–Kier alpha value is -3.14. The van der Waals surface area contributed by atoms with Crippen molar-refractivity contribution >= 4 is 28.7 Å². The van der Waals surface area contributed by atoms with Crippen LogP contribution in [0.5, 0.6) is 5.88 Å². The van der Waals surface area contributed by atoms with Gasteiger partial charge in [0.15, 0.2) is 5.65 Å². The maximum atomic E-state index is 12.5. The van der Waals surface area contributed by atoms with E-state index in [1.165, 1.54) is 11.6 Å². The number of aromatic nitrogens is 5. The van der Waals surface area contributed by atoms with Crippen molar-refractivity contribution < 1.29 is 9.53 Å². The van der Waals surface area contributed by atoms with Crippen LogP contribution in [0.25, 0.3) is 11.2 Å². The van der Waals surface area contributed by atoms with Gasteiger partial charge in [0.05, 0.1) is 5.54 Å². The van der Waals surface area contributed by atoms with Crippen molar-refractivity contribution in [2.45, 2.75) is 38.6 Å². The average Bonchev–Trinajstić information content (AvgIpc) is 3.15. The topological polar surface area (TPSA) is 135 Å². The van der Waals surface area contributed by atoms with Crippen LogP contribution < -0.4 is 21.3 Å². The largest absolute Gasteiger partial charge is 0.474 e. The molecule has 1 amide bonds. The van der Waals surface area contributed by atoms with Gasteiger partial charge in [-0.2, -0.15) is 0 Å². The number of pyridine rings is 1. The zero-order valence-electron chi connectivity index (χ0n) is 16.9. The summed E-state index contributed by atoms with van der Waals surface area (Å²) in [4.78, 5) is 49.5. The Kier molecular flexibility index (Phi) is 6.25. The first-order valence-corrected chi connectivity index (χ1v) is 9.82. The third kappa shape index (κ3) is 4.70. The maximum Gasteiger partial charge on any atom is 0.329 e. The molecule has 3 N–H and O–H groups in total. The number of amides is 1. The first kappa shape index (κ1) is 21.6. The van der Waals surface area contributed by atoms with Crippen molar-refractivity contribution in [1.82, 2.24) is 29.8 Å². The molecule has 1 unspecified atom stereocenters. The zero-order valence-corrected chi connectivity index (χ0v) is 17.7. The van der Waals surface area contributed by atoms with Crippen molar-refractivity contribution in [3.05, 3.63) is 50.0 Å². The lowest BCUT2D eigenvalue weighted by Crippen LogP contribution is -2.50. The lowest BCUT2D eigenvalue weighted by Gasteiger charge is -2.29. The number of nitrogens with one attached hydrogen (secondary N) is 3. The van der Waals surface area contributed by atoms with E-state index in [1.807, 2.05) is 13.8 Å². The van der Waals surface area contributed by atoms with E-state index in [0.717, 1.165) is 0 Å². The molecule has 1 atom stereocenters. The molecule has 160 valence electrons. The number of rotatable bonds is 8. The zero-order chi connectivity index (χ0) is 21.9. The molecular weight excluding hydrogens is 412 g/mol. The van der Waals surface area contributed by atoms with E-state index < -0.39 is 16.8 Å². The summed E-state index contributed by atoms with van der Waals surface area (Å²) < 4.78 is 6.93. The second kappa shape index (κ2) is 8.70. The standard InChI is InChI=1S/C19H23ClN6O4/c1-4-19(2,10-30-17-11(20)6-5-9-21-17)25-13(27)8-7-12-22-14-15(23-12)26(3)18(29)24-16(14)28/h5-6,9H,4,7-8,10H2,1-3H3,(H,22,23)(H,25,27)(H,24,28,29). The number of fused-ring (bicyclic) bond motifs is 1. The number of hydrogen-bond acceptors (Lipinski definition) is 6. The van der Waals surface area contributed by atoms with Crippen molar-refractivity contribution in [3.63, 3.8) is 0 Å². The highest BCUT2D eigenvalue weighted by Crippen LogP contribution is 2.22.